The van der Waals surface area contributed by atoms with Crippen molar-refractivity contribution in [1.29, 1.82) is 0 Å². The van der Waals surface area contributed by atoms with Gasteiger partial charge in [-0.2, -0.15) is 5.10 Å². The minimum atomic E-state index is -0.912. The minimum absolute atomic E-state index is 0.456. The largest absolute Gasteiger partial charge is 0.310 e. The van der Waals surface area contributed by atoms with Gasteiger partial charge in [0, 0.05) is 36.1 Å². The van der Waals surface area contributed by atoms with Gasteiger partial charge in [-0.15, -0.1) is 0 Å². The molecule has 2 aromatic carbocycles. The maximum Gasteiger partial charge on any atom is 0.159 e. The molecule has 0 spiro atoms. The number of benzene rings is 2. The molecule has 1 aliphatic carbocycles. The lowest BCUT2D eigenvalue weighted by Crippen LogP contribution is -2.29. The number of hydrogen-bond donors (Lipinski definition) is 2. The van der Waals surface area contributed by atoms with Crippen molar-refractivity contribution >= 4 is 16.6 Å². The molecule has 0 amide bonds. The van der Waals surface area contributed by atoms with E-state index in [9.17, 15) is 8.78 Å². The van der Waals surface area contributed by atoms with E-state index in [2.05, 4.69) is 56.9 Å². The van der Waals surface area contributed by atoms with Gasteiger partial charge in [0.15, 0.2) is 11.6 Å². The first-order valence-corrected chi connectivity index (χ1v) is 12.4. The van der Waals surface area contributed by atoms with Crippen LogP contribution in [0.5, 0.6) is 0 Å². The van der Waals surface area contributed by atoms with E-state index in [0.29, 0.717) is 28.6 Å². The SMILES string of the molecule is Fc1ccc(-c2n[nH]cc2-c2ccc3ncc(C4=CCC(NCc5ccccc5)CC4)cc3n2)cc1F. The van der Waals surface area contributed by atoms with E-state index in [1.54, 1.807) is 6.20 Å². The summed E-state index contributed by atoms with van der Waals surface area (Å²) in [5.74, 6) is -1.80. The van der Waals surface area contributed by atoms with Gasteiger partial charge in [0.25, 0.3) is 0 Å². The smallest absolute Gasteiger partial charge is 0.159 e. The molecule has 3 aromatic heterocycles. The number of H-pyrrole nitrogens is 1. The van der Waals surface area contributed by atoms with E-state index in [4.69, 9.17) is 4.98 Å². The quantitative estimate of drug-likeness (QED) is 0.277. The second-order valence-corrected chi connectivity index (χ2v) is 9.30. The topological polar surface area (TPSA) is 66.5 Å². The van der Waals surface area contributed by atoms with E-state index < -0.39 is 11.6 Å². The average molecular weight is 494 g/mol. The zero-order chi connectivity index (χ0) is 25.2. The molecule has 37 heavy (non-hydrogen) atoms. The Hall–Kier alpha value is -4.23. The van der Waals surface area contributed by atoms with Crippen molar-refractivity contribution in [3.63, 3.8) is 0 Å². The van der Waals surface area contributed by atoms with Crippen LogP contribution in [-0.4, -0.2) is 26.2 Å². The van der Waals surface area contributed by atoms with E-state index in [-0.39, 0.29) is 0 Å². The summed E-state index contributed by atoms with van der Waals surface area (Å²) in [6, 6.07) is 20.5. The van der Waals surface area contributed by atoms with Crippen molar-refractivity contribution in [3.8, 4) is 22.5 Å². The molecule has 0 saturated heterocycles. The number of nitrogens with one attached hydrogen (secondary N) is 2. The maximum absolute atomic E-state index is 13.8. The zero-order valence-electron chi connectivity index (χ0n) is 20.1. The second kappa shape index (κ2) is 10.0. The van der Waals surface area contributed by atoms with Crippen LogP contribution >= 0.6 is 0 Å². The van der Waals surface area contributed by atoms with Crippen molar-refractivity contribution in [2.75, 3.05) is 0 Å². The molecule has 5 aromatic rings. The molecule has 6 rings (SSSR count). The summed E-state index contributed by atoms with van der Waals surface area (Å²) < 4.78 is 27.3. The molecular formula is C30H25F2N5. The Kier molecular flexibility index (Phi) is 6.28. The molecule has 0 saturated carbocycles. The van der Waals surface area contributed by atoms with Gasteiger partial charge in [-0.25, -0.2) is 13.8 Å². The van der Waals surface area contributed by atoms with Gasteiger partial charge in [-0.3, -0.25) is 10.1 Å². The van der Waals surface area contributed by atoms with Crippen LogP contribution in [0.1, 0.15) is 30.4 Å². The van der Waals surface area contributed by atoms with Crippen LogP contribution in [0.15, 0.2) is 85.2 Å². The van der Waals surface area contributed by atoms with Crippen LogP contribution in [-0.2, 0) is 6.54 Å². The number of pyridine rings is 2. The van der Waals surface area contributed by atoms with Crippen LogP contribution < -0.4 is 5.32 Å². The summed E-state index contributed by atoms with van der Waals surface area (Å²) in [4.78, 5) is 9.49. The molecule has 0 aliphatic heterocycles. The highest BCUT2D eigenvalue weighted by Gasteiger charge is 2.17. The molecule has 1 unspecified atom stereocenters. The highest BCUT2D eigenvalue weighted by atomic mass is 19.2. The Morgan fingerprint density at radius 3 is 2.62 bits per heavy atom. The fourth-order valence-electron chi connectivity index (χ4n) is 4.82. The van der Waals surface area contributed by atoms with Gasteiger partial charge in [0.2, 0.25) is 0 Å². The highest BCUT2D eigenvalue weighted by Crippen LogP contribution is 2.32. The molecule has 3 heterocycles. The van der Waals surface area contributed by atoms with E-state index in [0.717, 1.165) is 54.5 Å². The monoisotopic (exact) mass is 493 g/mol. The lowest BCUT2D eigenvalue weighted by atomic mass is 9.91. The predicted octanol–water partition coefficient (Wildman–Crippen LogP) is 6.69. The molecular weight excluding hydrogens is 468 g/mol. The first-order valence-electron chi connectivity index (χ1n) is 12.4. The maximum atomic E-state index is 13.8. The van der Waals surface area contributed by atoms with Gasteiger partial charge in [-0.05, 0) is 72.4 Å². The first-order chi connectivity index (χ1) is 18.1. The fraction of sp³-hybridized carbons (Fsp3) is 0.167. The Bertz CT molecular complexity index is 1590. The number of hydrogen-bond acceptors (Lipinski definition) is 4. The lowest BCUT2D eigenvalue weighted by molar-refractivity contribution is 0.478. The summed E-state index contributed by atoms with van der Waals surface area (Å²) in [7, 11) is 0. The van der Waals surface area contributed by atoms with Crippen molar-refractivity contribution in [3.05, 3.63) is 108 Å². The van der Waals surface area contributed by atoms with Crippen LogP contribution in [0.3, 0.4) is 0 Å². The number of aromatic amines is 1. The predicted molar refractivity (Wildman–Crippen MR) is 141 cm³/mol. The summed E-state index contributed by atoms with van der Waals surface area (Å²) in [5.41, 5.74) is 7.61. The van der Waals surface area contributed by atoms with Crippen LogP contribution in [0.25, 0.3) is 39.1 Å². The van der Waals surface area contributed by atoms with Crippen molar-refractivity contribution in [2.45, 2.75) is 31.8 Å². The molecule has 1 atom stereocenters. The van der Waals surface area contributed by atoms with Gasteiger partial charge < -0.3 is 5.32 Å². The van der Waals surface area contributed by atoms with Crippen LogP contribution in [0, 0.1) is 11.6 Å². The summed E-state index contributed by atoms with van der Waals surface area (Å²) >= 11 is 0. The highest BCUT2D eigenvalue weighted by molar-refractivity contribution is 5.85. The molecule has 184 valence electrons. The second-order valence-electron chi connectivity index (χ2n) is 9.30. The minimum Gasteiger partial charge on any atom is -0.310 e. The zero-order valence-corrected chi connectivity index (χ0v) is 20.1. The summed E-state index contributed by atoms with van der Waals surface area (Å²) in [6.07, 6.45) is 8.95. The summed E-state index contributed by atoms with van der Waals surface area (Å²) in [5, 5.41) is 10.8. The van der Waals surface area contributed by atoms with E-state index in [1.807, 2.05) is 24.4 Å². The lowest BCUT2D eigenvalue weighted by Gasteiger charge is -2.23. The Labute approximate surface area is 213 Å². The van der Waals surface area contributed by atoms with Crippen molar-refractivity contribution in [2.24, 2.45) is 0 Å². The van der Waals surface area contributed by atoms with Gasteiger partial charge in [0.05, 0.1) is 16.7 Å². The number of halogens is 2. The molecule has 7 heteroatoms. The number of rotatable bonds is 6. The van der Waals surface area contributed by atoms with Gasteiger partial charge in [0.1, 0.15) is 5.69 Å². The Morgan fingerprint density at radius 2 is 1.81 bits per heavy atom. The third kappa shape index (κ3) is 4.90. The molecule has 0 fully saturated rings. The third-order valence-corrected chi connectivity index (χ3v) is 6.87. The molecule has 1 aliphatic rings. The Morgan fingerprint density at radius 1 is 0.919 bits per heavy atom. The Balaban J connectivity index is 1.23. The third-order valence-electron chi connectivity index (χ3n) is 6.87. The molecule has 2 N–H and O–H groups in total. The number of aromatic nitrogens is 4. The van der Waals surface area contributed by atoms with Gasteiger partial charge in [-0.1, -0.05) is 36.4 Å². The normalized spacial score (nSPS) is 15.6. The number of allylic oxidation sites excluding steroid dienone is 1. The number of fused-ring (bicyclic) bond motifs is 1. The standard InChI is InChI=1S/C30H25F2N5/c31-25-11-8-21(14-26(25)32)30-24(18-35-37-30)27-12-13-28-29(36-27)15-22(17-34-28)20-6-9-23(10-7-20)33-16-19-4-2-1-3-5-19/h1-6,8,11-15,17-18,23,33H,7,9-10,16H2,(H,35,37). The average Bonchev–Trinajstić information content (AvgIpc) is 3.44. The first kappa shape index (κ1) is 23.2. The summed E-state index contributed by atoms with van der Waals surface area (Å²) in [6.45, 7) is 0.874. The van der Waals surface area contributed by atoms with Crippen molar-refractivity contribution in [1.82, 2.24) is 25.5 Å². The van der Waals surface area contributed by atoms with Crippen LogP contribution in [0.4, 0.5) is 8.78 Å². The van der Waals surface area contributed by atoms with Crippen molar-refractivity contribution < 1.29 is 8.78 Å². The van der Waals surface area contributed by atoms with Gasteiger partial charge >= 0.3 is 0 Å². The molecule has 5 nitrogen and oxygen atoms in total. The van der Waals surface area contributed by atoms with E-state index >= 15 is 0 Å². The molecule has 0 radical (unpaired) electrons. The van der Waals surface area contributed by atoms with Crippen LogP contribution in [0.2, 0.25) is 0 Å². The molecule has 0 bridgehead atoms. The number of nitrogens with zero attached hydrogens (tertiary/aromatic N) is 3. The van der Waals surface area contributed by atoms with E-state index in [1.165, 1.54) is 17.2 Å². The fourth-order valence-corrected chi connectivity index (χ4v) is 4.82.